The quantitative estimate of drug-likeness (QED) is 0.706. The van der Waals surface area contributed by atoms with Crippen LogP contribution in [0.25, 0.3) is 0 Å². The highest BCUT2D eigenvalue weighted by atomic mass is 35.5. The Labute approximate surface area is 130 Å². The minimum absolute atomic E-state index is 0.205. The Morgan fingerprint density at radius 1 is 1.00 bits per heavy atom. The van der Waals surface area contributed by atoms with E-state index in [9.17, 15) is 13.2 Å². The van der Waals surface area contributed by atoms with E-state index in [-0.39, 0.29) is 6.04 Å². The van der Waals surface area contributed by atoms with Crippen molar-refractivity contribution < 1.29 is 13.2 Å². The van der Waals surface area contributed by atoms with Crippen molar-refractivity contribution in [2.75, 3.05) is 5.32 Å². The van der Waals surface area contributed by atoms with Gasteiger partial charge in [0.1, 0.15) is 0 Å². The first-order valence-electron chi connectivity index (χ1n) is 6.16. The average Bonchev–Trinajstić information content (AvgIpc) is 2.43. The van der Waals surface area contributed by atoms with Crippen molar-refractivity contribution >= 4 is 28.9 Å². The zero-order chi connectivity index (χ0) is 15.6. The lowest BCUT2D eigenvalue weighted by molar-refractivity contribution is -0.137. The molecule has 0 aliphatic carbocycles. The summed E-state index contributed by atoms with van der Waals surface area (Å²) in [6, 6.07) is 9.98. The summed E-state index contributed by atoms with van der Waals surface area (Å²) in [6.45, 7) is 1.83. The van der Waals surface area contributed by atoms with Crippen LogP contribution in [0, 0.1) is 0 Å². The Balaban J connectivity index is 2.17. The van der Waals surface area contributed by atoms with Crippen molar-refractivity contribution in [1.82, 2.24) is 0 Å². The molecule has 0 amide bonds. The van der Waals surface area contributed by atoms with E-state index in [0.29, 0.717) is 15.7 Å². The van der Waals surface area contributed by atoms with Gasteiger partial charge in [0, 0.05) is 6.04 Å². The second-order valence-corrected chi connectivity index (χ2v) is 5.37. The Morgan fingerprint density at radius 3 is 2.19 bits per heavy atom. The zero-order valence-corrected chi connectivity index (χ0v) is 12.5. The highest BCUT2D eigenvalue weighted by Crippen LogP contribution is 2.33. The van der Waals surface area contributed by atoms with E-state index in [0.717, 1.165) is 17.7 Å². The van der Waals surface area contributed by atoms with E-state index >= 15 is 0 Å². The summed E-state index contributed by atoms with van der Waals surface area (Å²) < 4.78 is 37.6. The SMILES string of the molecule is CC(Nc1cccc(Cl)c1Cl)c1ccc(C(F)(F)F)cc1. The van der Waals surface area contributed by atoms with Gasteiger partial charge < -0.3 is 5.32 Å². The summed E-state index contributed by atoms with van der Waals surface area (Å²) in [5.74, 6) is 0. The van der Waals surface area contributed by atoms with Gasteiger partial charge in [-0.15, -0.1) is 0 Å². The van der Waals surface area contributed by atoms with E-state index in [2.05, 4.69) is 5.32 Å². The standard InChI is InChI=1S/C15H12Cl2F3N/c1-9(21-13-4-2-3-12(16)14(13)17)10-5-7-11(8-6-10)15(18,19)20/h2-9,21H,1H3. The third-order valence-electron chi connectivity index (χ3n) is 3.06. The molecule has 1 nitrogen and oxygen atoms in total. The monoisotopic (exact) mass is 333 g/mol. The lowest BCUT2D eigenvalue weighted by atomic mass is 10.1. The normalized spacial score (nSPS) is 13.0. The number of alkyl halides is 3. The molecule has 1 N–H and O–H groups in total. The number of benzene rings is 2. The van der Waals surface area contributed by atoms with Crippen LogP contribution < -0.4 is 5.32 Å². The molecule has 6 heteroatoms. The molecule has 21 heavy (non-hydrogen) atoms. The molecule has 112 valence electrons. The van der Waals surface area contributed by atoms with E-state index in [1.54, 1.807) is 18.2 Å². The van der Waals surface area contributed by atoms with Gasteiger partial charge >= 0.3 is 6.18 Å². The highest BCUT2D eigenvalue weighted by molar-refractivity contribution is 6.43. The number of rotatable bonds is 3. The molecule has 1 atom stereocenters. The van der Waals surface area contributed by atoms with Gasteiger partial charge in [-0.25, -0.2) is 0 Å². The van der Waals surface area contributed by atoms with Crippen molar-refractivity contribution in [3.63, 3.8) is 0 Å². The predicted octanol–water partition coefficient (Wildman–Crippen LogP) is 6.19. The van der Waals surface area contributed by atoms with Crippen LogP contribution in [-0.2, 0) is 6.18 Å². The minimum atomic E-state index is -4.33. The maximum Gasteiger partial charge on any atom is 0.416 e. The molecule has 0 aliphatic rings. The van der Waals surface area contributed by atoms with E-state index in [1.807, 2.05) is 6.92 Å². The maximum absolute atomic E-state index is 12.5. The van der Waals surface area contributed by atoms with Crippen LogP contribution in [-0.4, -0.2) is 0 Å². The summed E-state index contributed by atoms with van der Waals surface area (Å²) in [5.41, 5.74) is 0.690. The first-order chi connectivity index (χ1) is 9.79. The summed E-state index contributed by atoms with van der Waals surface area (Å²) in [5, 5.41) is 3.93. The Bertz CT molecular complexity index is 624. The summed E-state index contributed by atoms with van der Waals surface area (Å²) >= 11 is 12.0. The van der Waals surface area contributed by atoms with Crippen LogP contribution in [0.5, 0.6) is 0 Å². The second kappa shape index (κ2) is 6.16. The van der Waals surface area contributed by atoms with Crippen molar-refractivity contribution in [2.24, 2.45) is 0 Å². The van der Waals surface area contributed by atoms with Crippen LogP contribution in [0.3, 0.4) is 0 Å². The maximum atomic E-state index is 12.5. The molecule has 0 heterocycles. The number of nitrogens with one attached hydrogen (secondary N) is 1. The van der Waals surface area contributed by atoms with Gasteiger partial charge in [-0.05, 0) is 36.8 Å². The fourth-order valence-electron chi connectivity index (χ4n) is 1.89. The molecule has 0 saturated heterocycles. The van der Waals surface area contributed by atoms with Gasteiger partial charge in [0.15, 0.2) is 0 Å². The van der Waals surface area contributed by atoms with E-state index in [1.165, 1.54) is 12.1 Å². The van der Waals surface area contributed by atoms with Crippen molar-refractivity contribution in [1.29, 1.82) is 0 Å². The van der Waals surface area contributed by atoms with Crippen LogP contribution in [0.2, 0.25) is 10.0 Å². The van der Waals surface area contributed by atoms with Crippen LogP contribution in [0.4, 0.5) is 18.9 Å². The summed E-state index contributed by atoms with van der Waals surface area (Å²) in [7, 11) is 0. The topological polar surface area (TPSA) is 12.0 Å². The van der Waals surface area contributed by atoms with Crippen molar-refractivity contribution in [2.45, 2.75) is 19.1 Å². The summed E-state index contributed by atoms with van der Waals surface area (Å²) in [6.07, 6.45) is -4.33. The van der Waals surface area contributed by atoms with Crippen LogP contribution in [0.1, 0.15) is 24.1 Å². The van der Waals surface area contributed by atoms with Crippen molar-refractivity contribution in [3.05, 3.63) is 63.6 Å². The first kappa shape index (κ1) is 16.0. The van der Waals surface area contributed by atoms with Gasteiger partial charge in [0.2, 0.25) is 0 Å². The summed E-state index contributed by atoms with van der Waals surface area (Å²) in [4.78, 5) is 0. The zero-order valence-electron chi connectivity index (χ0n) is 11.0. The highest BCUT2D eigenvalue weighted by Gasteiger charge is 2.30. The third kappa shape index (κ3) is 3.83. The number of halogens is 5. The van der Waals surface area contributed by atoms with Gasteiger partial charge in [-0.2, -0.15) is 13.2 Å². The molecule has 0 spiro atoms. The molecule has 0 aromatic heterocycles. The van der Waals surface area contributed by atoms with E-state index in [4.69, 9.17) is 23.2 Å². The molecule has 2 aromatic carbocycles. The Hall–Kier alpha value is -1.39. The second-order valence-electron chi connectivity index (χ2n) is 4.59. The number of hydrogen-bond donors (Lipinski definition) is 1. The van der Waals surface area contributed by atoms with Gasteiger partial charge in [-0.1, -0.05) is 41.4 Å². The smallest absolute Gasteiger partial charge is 0.377 e. The molecule has 0 aliphatic heterocycles. The predicted molar refractivity (Wildman–Crippen MR) is 79.9 cm³/mol. The largest absolute Gasteiger partial charge is 0.416 e. The molecular weight excluding hydrogens is 322 g/mol. The van der Waals surface area contributed by atoms with Crippen LogP contribution >= 0.6 is 23.2 Å². The van der Waals surface area contributed by atoms with E-state index < -0.39 is 11.7 Å². The molecule has 2 rings (SSSR count). The lowest BCUT2D eigenvalue weighted by Crippen LogP contribution is -2.09. The molecule has 0 fully saturated rings. The van der Waals surface area contributed by atoms with Crippen LogP contribution in [0.15, 0.2) is 42.5 Å². The molecular formula is C15H12Cl2F3N. The Morgan fingerprint density at radius 2 is 1.62 bits per heavy atom. The van der Waals surface area contributed by atoms with Gasteiger partial charge in [0.25, 0.3) is 0 Å². The number of anilines is 1. The molecule has 0 radical (unpaired) electrons. The molecule has 0 saturated carbocycles. The first-order valence-corrected chi connectivity index (χ1v) is 6.92. The van der Waals surface area contributed by atoms with Crippen molar-refractivity contribution in [3.8, 4) is 0 Å². The number of hydrogen-bond acceptors (Lipinski definition) is 1. The molecule has 0 bridgehead atoms. The third-order valence-corrected chi connectivity index (χ3v) is 3.88. The minimum Gasteiger partial charge on any atom is -0.377 e. The lowest BCUT2D eigenvalue weighted by Gasteiger charge is -2.18. The van der Waals surface area contributed by atoms with Gasteiger partial charge in [-0.3, -0.25) is 0 Å². The fraction of sp³-hybridized carbons (Fsp3) is 0.200. The molecule has 1 unspecified atom stereocenters. The average molecular weight is 334 g/mol. The molecule has 2 aromatic rings. The van der Waals surface area contributed by atoms with Gasteiger partial charge in [0.05, 0.1) is 21.3 Å². The Kier molecular flexibility index (Phi) is 4.69. The fourth-order valence-corrected chi connectivity index (χ4v) is 2.25.